The van der Waals surface area contributed by atoms with E-state index in [0.29, 0.717) is 5.56 Å². The van der Waals surface area contributed by atoms with Crippen LogP contribution in [0.2, 0.25) is 0 Å². The molecule has 1 aromatic heterocycles. The summed E-state index contributed by atoms with van der Waals surface area (Å²) in [6, 6.07) is 5.02. The molecule has 7 heteroatoms. The Morgan fingerprint density at radius 2 is 2.14 bits per heavy atom. The number of allylic oxidation sites excluding steroid dienone is 1. The minimum Gasteiger partial charge on any atom is -0.762 e. The van der Waals surface area contributed by atoms with Crippen LogP contribution in [-0.4, -0.2) is 37.2 Å². The molecule has 3 N–H and O–H groups in total. The van der Waals surface area contributed by atoms with Gasteiger partial charge in [-0.1, -0.05) is 5.26 Å². The number of nitrogens with one attached hydrogen (secondary N) is 3. The number of hydrogen-bond donors (Lipinski definition) is 3. The third-order valence-corrected chi connectivity index (χ3v) is 2.69. The van der Waals surface area contributed by atoms with E-state index in [9.17, 15) is 4.79 Å². The Kier molecular flexibility index (Phi) is 6.59. The SMILES string of the molecule is C1COCCN1.Cc1cc(=O)[nH]c(C(=C=[N-])C#[NH+])c1C#N. The molecule has 1 aliphatic heterocycles. The minimum atomic E-state index is -0.413. The number of aromatic amines is 1. The zero-order valence-electron chi connectivity index (χ0n) is 11.6. The molecule has 1 fully saturated rings. The highest BCUT2D eigenvalue weighted by Gasteiger charge is 2.12. The number of aromatic nitrogens is 1. The Morgan fingerprint density at radius 1 is 1.48 bits per heavy atom. The topological polar surface area (TPSA) is 124 Å². The summed E-state index contributed by atoms with van der Waals surface area (Å²) in [6.45, 7) is 5.43. The molecule has 2 heterocycles. The average Bonchev–Trinajstić information content (AvgIpc) is 2.50. The highest BCUT2D eigenvalue weighted by atomic mass is 16.5. The lowest BCUT2D eigenvalue weighted by molar-refractivity contribution is -0.0894. The summed E-state index contributed by atoms with van der Waals surface area (Å²) in [5.41, 5.74) is 0.141. The van der Waals surface area contributed by atoms with Crippen LogP contribution in [0, 0.1) is 24.3 Å². The molecule has 7 nitrogen and oxygen atoms in total. The van der Waals surface area contributed by atoms with Crippen LogP contribution in [0.4, 0.5) is 0 Å². The summed E-state index contributed by atoms with van der Waals surface area (Å²) < 4.78 is 5.01. The number of nitriles is 1. The fourth-order valence-corrected chi connectivity index (χ4v) is 1.68. The summed E-state index contributed by atoms with van der Waals surface area (Å²) in [5, 5.41) is 27.6. The van der Waals surface area contributed by atoms with E-state index < -0.39 is 5.56 Å². The molecule has 21 heavy (non-hydrogen) atoms. The minimum absolute atomic E-state index is 0.0556. The van der Waals surface area contributed by atoms with Crippen LogP contribution in [0.5, 0.6) is 0 Å². The van der Waals surface area contributed by atoms with Crippen molar-refractivity contribution < 1.29 is 10.00 Å². The fourth-order valence-electron chi connectivity index (χ4n) is 1.68. The molecule has 0 spiro atoms. The molecule has 0 radical (unpaired) electrons. The second kappa shape index (κ2) is 8.47. The van der Waals surface area contributed by atoms with E-state index in [-0.39, 0.29) is 16.8 Å². The highest BCUT2D eigenvalue weighted by Crippen LogP contribution is 2.14. The zero-order valence-corrected chi connectivity index (χ0v) is 11.6. The Hall–Kier alpha value is -2.70. The Labute approximate surface area is 122 Å². The van der Waals surface area contributed by atoms with E-state index in [4.69, 9.17) is 20.7 Å². The van der Waals surface area contributed by atoms with Crippen molar-refractivity contribution in [1.82, 2.24) is 10.3 Å². The number of ether oxygens (including phenoxy) is 1. The standard InChI is InChI=1S/C10H5N4O.C4H9NO/c1-6-2-9(15)14-10(8(6)5-13)7(3-11)4-12;1-3-6-4-2-5-1/h2H,1H3,(H,14,15);5H,1-4H2/q-1;/p+1. The molecule has 1 aromatic rings. The van der Waals surface area contributed by atoms with Gasteiger partial charge in [0.2, 0.25) is 5.56 Å². The van der Waals surface area contributed by atoms with Crippen LogP contribution < -0.4 is 16.1 Å². The lowest BCUT2D eigenvalue weighted by Gasteiger charge is -2.10. The van der Waals surface area contributed by atoms with Crippen molar-refractivity contribution in [1.29, 1.82) is 5.26 Å². The molecular formula is C14H15N5O2. The number of H-pyrrole nitrogens is 1. The van der Waals surface area contributed by atoms with Gasteiger partial charge in [-0.15, -0.1) is 0 Å². The zero-order chi connectivity index (χ0) is 15.7. The molecule has 1 saturated heterocycles. The van der Waals surface area contributed by atoms with Crippen molar-refractivity contribution in [2.75, 3.05) is 26.3 Å². The van der Waals surface area contributed by atoms with Gasteiger partial charge in [0.15, 0.2) is 0 Å². The molecule has 0 aliphatic carbocycles. The number of hydrogen-bond acceptors (Lipinski definition) is 4. The first kappa shape index (κ1) is 16.4. The number of rotatable bonds is 1. The summed E-state index contributed by atoms with van der Waals surface area (Å²) in [5.74, 6) is 1.69. The molecule has 0 atom stereocenters. The van der Waals surface area contributed by atoms with Crippen molar-refractivity contribution in [2.45, 2.75) is 6.92 Å². The van der Waals surface area contributed by atoms with Gasteiger partial charge in [-0.25, -0.2) is 5.87 Å². The second-order valence-electron chi connectivity index (χ2n) is 4.15. The predicted octanol–water partition coefficient (Wildman–Crippen LogP) is -1.44. The molecular weight excluding hydrogens is 270 g/mol. The Balaban J connectivity index is 0.000000304. The molecule has 2 rings (SSSR count). The van der Waals surface area contributed by atoms with Gasteiger partial charge in [0.25, 0.3) is 0 Å². The summed E-state index contributed by atoms with van der Waals surface area (Å²) in [4.78, 5) is 13.5. The molecule has 0 bridgehead atoms. The Morgan fingerprint density at radius 3 is 2.52 bits per heavy atom. The number of pyridine rings is 1. The first-order valence-electron chi connectivity index (χ1n) is 6.26. The third-order valence-electron chi connectivity index (χ3n) is 2.69. The first-order valence-corrected chi connectivity index (χ1v) is 6.26. The molecule has 0 aromatic carbocycles. The van der Waals surface area contributed by atoms with Gasteiger partial charge >= 0.3 is 6.07 Å². The summed E-state index contributed by atoms with van der Waals surface area (Å²) in [6.07, 6.45) is 0. The van der Waals surface area contributed by atoms with Crippen LogP contribution in [0.1, 0.15) is 16.8 Å². The largest absolute Gasteiger partial charge is 0.762 e. The van der Waals surface area contributed by atoms with Crippen LogP contribution in [0.25, 0.3) is 11.0 Å². The maximum Gasteiger partial charge on any atom is 0.317 e. The number of morpholine rings is 1. The van der Waals surface area contributed by atoms with E-state index in [0.717, 1.165) is 26.3 Å². The Bertz CT molecular complexity index is 671. The van der Waals surface area contributed by atoms with Crippen molar-refractivity contribution in [3.8, 4) is 12.1 Å². The van der Waals surface area contributed by atoms with Crippen molar-refractivity contribution >= 4 is 11.4 Å². The maximum atomic E-state index is 11.1. The molecule has 0 saturated carbocycles. The van der Waals surface area contributed by atoms with Crippen LogP contribution in [-0.2, 0) is 4.74 Å². The van der Waals surface area contributed by atoms with Crippen LogP contribution >= 0.6 is 0 Å². The quantitative estimate of drug-likeness (QED) is 0.431. The van der Waals surface area contributed by atoms with Crippen molar-refractivity contribution in [3.05, 3.63) is 38.7 Å². The first-order chi connectivity index (χ1) is 10.1. The van der Waals surface area contributed by atoms with Crippen LogP contribution in [0.3, 0.4) is 0 Å². The van der Waals surface area contributed by atoms with Crippen LogP contribution in [0.15, 0.2) is 10.9 Å². The van der Waals surface area contributed by atoms with Crippen molar-refractivity contribution in [3.63, 3.8) is 0 Å². The van der Waals surface area contributed by atoms with Crippen molar-refractivity contribution in [2.24, 2.45) is 0 Å². The van der Waals surface area contributed by atoms with E-state index in [1.165, 1.54) is 6.07 Å². The van der Waals surface area contributed by atoms with Gasteiger partial charge in [-0.05, 0) is 12.5 Å². The fraction of sp³-hybridized carbons (Fsp3) is 0.357. The molecule has 0 amide bonds. The summed E-state index contributed by atoms with van der Waals surface area (Å²) >= 11 is 0. The molecule has 1 aliphatic rings. The normalized spacial score (nSPS) is 12.9. The van der Waals surface area contributed by atoms with E-state index in [2.05, 4.69) is 10.3 Å². The lowest BCUT2D eigenvalue weighted by atomic mass is 10.0. The maximum absolute atomic E-state index is 11.1. The van der Waals surface area contributed by atoms with E-state index >= 15 is 0 Å². The van der Waals surface area contributed by atoms with Gasteiger partial charge < -0.3 is 20.4 Å². The van der Waals surface area contributed by atoms with Gasteiger partial charge in [-0.3, -0.25) is 4.79 Å². The highest BCUT2D eigenvalue weighted by molar-refractivity contribution is 5.98. The number of nitrogens with zero attached hydrogens (tertiary/aromatic N) is 2. The van der Waals surface area contributed by atoms with Gasteiger partial charge in [0.05, 0.1) is 24.5 Å². The van der Waals surface area contributed by atoms with E-state index in [1.54, 1.807) is 12.8 Å². The van der Waals surface area contributed by atoms with Gasteiger partial charge in [-0.2, -0.15) is 5.26 Å². The molecule has 108 valence electrons. The number of aryl methyl sites for hydroxylation is 1. The summed E-state index contributed by atoms with van der Waals surface area (Å²) in [7, 11) is 0. The third kappa shape index (κ3) is 4.72. The average molecular weight is 285 g/mol. The predicted molar refractivity (Wildman–Crippen MR) is 76.8 cm³/mol. The van der Waals surface area contributed by atoms with E-state index in [1.807, 2.05) is 12.1 Å². The van der Waals surface area contributed by atoms with Gasteiger partial charge in [0, 0.05) is 19.2 Å². The smallest absolute Gasteiger partial charge is 0.317 e. The lowest BCUT2D eigenvalue weighted by Crippen LogP contribution is -2.30. The monoisotopic (exact) mass is 285 g/mol. The second-order valence-corrected chi connectivity index (χ2v) is 4.15. The van der Waals surface area contributed by atoms with Gasteiger partial charge in [0.1, 0.15) is 11.6 Å². The molecule has 0 unspecified atom stereocenters.